The molecule has 0 saturated heterocycles. The highest BCUT2D eigenvalue weighted by atomic mass is 16.6. The predicted octanol–water partition coefficient (Wildman–Crippen LogP) is 5.16. The standard InChI is InChI=1S/C20H21N3O3.C2H6/c1-4-21-19-14(3)9-13(2)10-18(19)20(24)22-8-7-15-5-6-17(23(25)26)11-16(15)12-22;1-2/h4-6,9-11H,7-8,12H2,1-3H3;1-2H3. The van der Waals surface area contributed by atoms with Crippen LogP contribution in [0.15, 0.2) is 35.3 Å². The van der Waals surface area contributed by atoms with Gasteiger partial charge in [0.2, 0.25) is 0 Å². The molecule has 0 saturated carbocycles. The summed E-state index contributed by atoms with van der Waals surface area (Å²) in [5.41, 5.74) is 5.19. The summed E-state index contributed by atoms with van der Waals surface area (Å²) in [4.78, 5) is 29.9. The molecular weight excluding hydrogens is 354 g/mol. The first-order valence-corrected chi connectivity index (χ1v) is 9.56. The number of benzene rings is 2. The second-order valence-electron chi connectivity index (χ2n) is 6.55. The normalized spacial score (nSPS) is 13.0. The number of nitro groups is 1. The number of hydrogen-bond acceptors (Lipinski definition) is 4. The van der Waals surface area contributed by atoms with E-state index in [-0.39, 0.29) is 11.6 Å². The van der Waals surface area contributed by atoms with Crippen molar-refractivity contribution in [2.24, 2.45) is 4.99 Å². The number of amides is 1. The molecule has 2 aromatic rings. The lowest BCUT2D eigenvalue weighted by Gasteiger charge is -2.29. The molecule has 28 heavy (non-hydrogen) atoms. The van der Waals surface area contributed by atoms with Crippen molar-refractivity contribution >= 4 is 23.5 Å². The van der Waals surface area contributed by atoms with E-state index in [1.54, 1.807) is 23.2 Å². The smallest absolute Gasteiger partial charge is 0.269 e. The number of carbonyl (C=O) groups excluding carboxylic acids is 1. The van der Waals surface area contributed by atoms with E-state index < -0.39 is 4.92 Å². The molecule has 1 heterocycles. The van der Waals surface area contributed by atoms with E-state index in [9.17, 15) is 14.9 Å². The summed E-state index contributed by atoms with van der Waals surface area (Å²) in [7, 11) is 0. The predicted molar refractivity (Wildman–Crippen MR) is 113 cm³/mol. The van der Waals surface area contributed by atoms with Crippen molar-refractivity contribution in [2.75, 3.05) is 6.54 Å². The van der Waals surface area contributed by atoms with Crippen LogP contribution in [0.3, 0.4) is 0 Å². The molecule has 0 N–H and O–H groups in total. The quantitative estimate of drug-likeness (QED) is 0.419. The van der Waals surface area contributed by atoms with Gasteiger partial charge in [-0.3, -0.25) is 19.9 Å². The number of fused-ring (bicyclic) bond motifs is 1. The van der Waals surface area contributed by atoms with E-state index in [1.165, 1.54) is 6.07 Å². The largest absolute Gasteiger partial charge is 0.334 e. The monoisotopic (exact) mass is 381 g/mol. The first-order chi connectivity index (χ1) is 13.4. The van der Waals surface area contributed by atoms with E-state index >= 15 is 0 Å². The summed E-state index contributed by atoms with van der Waals surface area (Å²) in [5.74, 6) is -0.0884. The lowest BCUT2D eigenvalue weighted by atomic mass is 9.97. The first kappa shape index (κ1) is 21.3. The van der Waals surface area contributed by atoms with Gasteiger partial charge in [0.05, 0.1) is 16.2 Å². The maximum absolute atomic E-state index is 13.1. The SMILES string of the molecule is CC.CC=Nc1c(C)cc(C)cc1C(=O)N1CCc2ccc([N+](=O)[O-])cc2C1. The molecular formula is C22H27N3O3. The molecule has 0 unspecified atom stereocenters. The minimum Gasteiger partial charge on any atom is -0.334 e. The summed E-state index contributed by atoms with van der Waals surface area (Å²) in [5, 5.41) is 11.0. The number of hydrogen-bond donors (Lipinski definition) is 0. The lowest BCUT2D eigenvalue weighted by molar-refractivity contribution is -0.385. The van der Waals surface area contributed by atoms with Gasteiger partial charge < -0.3 is 4.90 Å². The Hall–Kier alpha value is -3.02. The van der Waals surface area contributed by atoms with Crippen molar-refractivity contribution < 1.29 is 9.72 Å². The topological polar surface area (TPSA) is 75.8 Å². The van der Waals surface area contributed by atoms with Gasteiger partial charge in [0.1, 0.15) is 0 Å². The summed E-state index contributed by atoms with van der Waals surface area (Å²) in [6.45, 7) is 10.7. The molecule has 1 aliphatic rings. The number of non-ortho nitro benzene ring substituents is 1. The second-order valence-corrected chi connectivity index (χ2v) is 6.55. The van der Waals surface area contributed by atoms with Crippen LogP contribution in [0.4, 0.5) is 11.4 Å². The minimum atomic E-state index is -0.404. The molecule has 0 spiro atoms. The first-order valence-electron chi connectivity index (χ1n) is 9.56. The van der Waals surface area contributed by atoms with Crippen LogP contribution >= 0.6 is 0 Å². The Balaban J connectivity index is 0.00000136. The number of rotatable bonds is 3. The van der Waals surface area contributed by atoms with Crippen LogP contribution in [0.2, 0.25) is 0 Å². The fourth-order valence-corrected chi connectivity index (χ4v) is 3.42. The van der Waals surface area contributed by atoms with E-state index in [4.69, 9.17) is 0 Å². The van der Waals surface area contributed by atoms with Crippen molar-refractivity contribution in [1.82, 2.24) is 4.90 Å². The number of nitro benzene ring substituents is 1. The number of aryl methyl sites for hydroxylation is 2. The van der Waals surface area contributed by atoms with Gasteiger partial charge in [-0.25, -0.2) is 0 Å². The van der Waals surface area contributed by atoms with Gasteiger partial charge in [0, 0.05) is 31.4 Å². The third-order valence-corrected chi connectivity index (χ3v) is 4.63. The molecule has 0 aromatic heterocycles. The molecule has 0 atom stereocenters. The van der Waals surface area contributed by atoms with Gasteiger partial charge in [-0.2, -0.15) is 0 Å². The molecule has 0 fully saturated rings. The van der Waals surface area contributed by atoms with Gasteiger partial charge >= 0.3 is 0 Å². The Morgan fingerprint density at radius 2 is 1.89 bits per heavy atom. The van der Waals surface area contributed by atoms with Crippen molar-refractivity contribution in [1.29, 1.82) is 0 Å². The minimum absolute atomic E-state index is 0.0562. The maximum atomic E-state index is 13.1. The van der Waals surface area contributed by atoms with Crippen molar-refractivity contribution in [3.63, 3.8) is 0 Å². The number of nitrogens with zero attached hydrogens (tertiary/aromatic N) is 3. The molecule has 2 aromatic carbocycles. The van der Waals surface area contributed by atoms with Crippen LogP contribution in [0, 0.1) is 24.0 Å². The van der Waals surface area contributed by atoms with Crippen LogP contribution in [-0.4, -0.2) is 28.5 Å². The zero-order valence-corrected chi connectivity index (χ0v) is 17.2. The molecule has 148 valence electrons. The molecule has 0 bridgehead atoms. The van der Waals surface area contributed by atoms with Crippen LogP contribution < -0.4 is 0 Å². The van der Waals surface area contributed by atoms with E-state index in [0.717, 1.165) is 22.3 Å². The second kappa shape index (κ2) is 9.26. The average Bonchev–Trinajstić information content (AvgIpc) is 2.70. The summed E-state index contributed by atoms with van der Waals surface area (Å²) < 4.78 is 0. The van der Waals surface area contributed by atoms with Gasteiger partial charge in [0.15, 0.2) is 0 Å². The van der Waals surface area contributed by atoms with Crippen LogP contribution in [0.5, 0.6) is 0 Å². The van der Waals surface area contributed by atoms with Gasteiger partial charge in [-0.15, -0.1) is 0 Å². The summed E-state index contributed by atoms with van der Waals surface area (Å²) in [6.07, 6.45) is 2.37. The van der Waals surface area contributed by atoms with Crippen molar-refractivity contribution in [3.8, 4) is 0 Å². The number of carbonyl (C=O) groups is 1. The van der Waals surface area contributed by atoms with E-state index in [2.05, 4.69) is 4.99 Å². The van der Waals surface area contributed by atoms with E-state index in [0.29, 0.717) is 30.8 Å². The number of aliphatic imine (C=N–C) groups is 1. The zero-order valence-electron chi connectivity index (χ0n) is 17.2. The van der Waals surface area contributed by atoms with Gasteiger partial charge in [-0.05, 0) is 55.5 Å². The van der Waals surface area contributed by atoms with Crippen molar-refractivity contribution in [2.45, 2.75) is 47.6 Å². The highest BCUT2D eigenvalue weighted by Crippen LogP contribution is 2.30. The molecule has 1 aliphatic heterocycles. The van der Waals surface area contributed by atoms with Crippen molar-refractivity contribution in [3.05, 3.63) is 68.3 Å². The molecule has 0 radical (unpaired) electrons. The molecule has 3 rings (SSSR count). The Labute approximate surface area is 166 Å². The Morgan fingerprint density at radius 1 is 1.18 bits per heavy atom. The average molecular weight is 381 g/mol. The Morgan fingerprint density at radius 3 is 2.54 bits per heavy atom. The fourth-order valence-electron chi connectivity index (χ4n) is 3.42. The third kappa shape index (κ3) is 4.44. The summed E-state index contributed by atoms with van der Waals surface area (Å²) in [6, 6.07) is 8.75. The lowest BCUT2D eigenvalue weighted by Crippen LogP contribution is -2.36. The highest BCUT2D eigenvalue weighted by molar-refractivity contribution is 6.00. The maximum Gasteiger partial charge on any atom is 0.269 e. The van der Waals surface area contributed by atoms with Gasteiger partial charge in [-0.1, -0.05) is 26.0 Å². The van der Waals surface area contributed by atoms with Crippen LogP contribution in [0.1, 0.15) is 53.4 Å². The fraction of sp³-hybridized carbons (Fsp3) is 0.364. The Kier molecular flexibility index (Phi) is 7.04. The highest BCUT2D eigenvalue weighted by Gasteiger charge is 2.25. The molecule has 6 heteroatoms. The van der Waals surface area contributed by atoms with E-state index in [1.807, 2.05) is 46.8 Å². The van der Waals surface area contributed by atoms with Crippen LogP contribution in [0.25, 0.3) is 0 Å². The molecule has 0 aliphatic carbocycles. The Bertz CT molecular complexity index is 919. The van der Waals surface area contributed by atoms with Crippen LogP contribution in [-0.2, 0) is 13.0 Å². The third-order valence-electron chi connectivity index (χ3n) is 4.63. The molecule has 6 nitrogen and oxygen atoms in total. The summed E-state index contributed by atoms with van der Waals surface area (Å²) >= 11 is 0. The van der Waals surface area contributed by atoms with Gasteiger partial charge in [0.25, 0.3) is 11.6 Å². The zero-order chi connectivity index (χ0) is 20.8. The molecule has 1 amide bonds.